The Hall–Kier alpha value is -4.59. The molecule has 1 N–H and O–H groups in total. The molecule has 178 valence electrons. The van der Waals surface area contributed by atoms with Crippen molar-refractivity contribution in [3.05, 3.63) is 94.6 Å². The number of fused-ring (bicyclic) bond motifs is 1. The first-order valence-electron chi connectivity index (χ1n) is 10.6. The third-order valence-corrected chi connectivity index (χ3v) is 5.53. The molecule has 0 aliphatic carbocycles. The second-order valence-electron chi connectivity index (χ2n) is 7.65. The highest BCUT2D eigenvalue weighted by Gasteiger charge is 2.27. The van der Waals surface area contributed by atoms with Crippen LogP contribution in [-0.4, -0.2) is 43.8 Å². The van der Waals surface area contributed by atoms with Crippen LogP contribution in [0.15, 0.2) is 72.3 Å². The van der Waals surface area contributed by atoms with Crippen LogP contribution < -0.4 is 14.2 Å². The lowest BCUT2D eigenvalue weighted by Gasteiger charge is -2.15. The molecule has 8 heteroatoms. The van der Waals surface area contributed by atoms with E-state index in [0.29, 0.717) is 33.9 Å². The lowest BCUT2D eigenvalue weighted by atomic mass is 9.89. The fraction of sp³-hybridized carbons (Fsp3) is 0.148. The molecular formula is C27H22O8. The van der Waals surface area contributed by atoms with Gasteiger partial charge in [0.2, 0.25) is 6.79 Å². The smallest absolute Gasteiger partial charge is 0.338 e. The number of carbonyl (C=O) groups is 3. The van der Waals surface area contributed by atoms with Gasteiger partial charge in [-0.1, -0.05) is 18.2 Å². The minimum Gasteiger partial charge on any atom is -0.497 e. The van der Waals surface area contributed by atoms with Crippen molar-refractivity contribution in [1.82, 2.24) is 0 Å². The molecule has 8 nitrogen and oxygen atoms in total. The van der Waals surface area contributed by atoms with Crippen molar-refractivity contribution in [1.29, 1.82) is 0 Å². The molecule has 0 atom stereocenters. The first-order valence-corrected chi connectivity index (χ1v) is 10.6. The number of benzene rings is 3. The molecule has 0 amide bonds. The largest absolute Gasteiger partial charge is 0.497 e. The average Bonchev–Trinajstić information content (AvgIpc) is 3.36. The summed E-state index contributed by atoms with van der Waals surface area (Å²) < 4.78 is 21.0. The SMILES string of the molecule is COC(=O)/C(=C(/Cc1cccc(C(=O)O)c1)C(=O)c1ccc(OC)cc1)c1ccc2c(c1)OCO2. The topological polar surface area (TPSA) is 108 Å². The number of rotatable bonds is 8. The molecule has 1 aliphatic heterocycles. The van der Waals surface area contributed by atoms with Gasteiger partial charge in [-0.25, -0.2) is 9.59 Å². The highest BCUT2D eigenvalue weighted by molar-refractivity contribution is 6.27. The predicted octanol–water partition coefficient (Wildman–Crippen LogP) is 4.17. The summed E-state index contributed by atoms with van der Waals surface area (Å²) in [6.45, 7) is 0.0513. The summed E-state index contributed by atoms with van der Waals surface area (Å²) in [4.78, 5) is 38.3. The van der Waals surface area contributed by atoms with Crippen LogP contribution >= 0.6 is 0 Å². The number of methoxy groups -OCH3 is 2. The zero-order chi connectivity index (χ0) is 24.9. The summed E-state index contributed by atoms with van der Waals surface area (Å²) in [6.07, 6.45) is -0.00907. The van der Waals surface area contributed by atoms with E-state index in [2.05, 4.69) is 0 Å². The molecule has 0 bridgehead atoms. The third kappa shape index (κ3) is 5.01. The number of allylic oxidation sites excluding steroid dienone is 1. The Bertz CT molecular complexity index is 1320. The van der Waals surface area contributed by atoms with Crippen molar-refractivity contribution < 1.29 is 38.4 Å². The van der Waals surface area contributed by atoms with Crippen LogP contribution in [0.3, 0.4) is 0 Å². The van der Waals surface area contributed by atoms with E-state index in [1.54, 1.807) is 54.6 Å². The summed E-state index contributed by atoms with van der Waals surface area (Å²) in [5.41, 5.74) is 1.55. The van der Waals surface area contributed by atoms with Gasteiger partial charge in [0.1, 0.15) is 5.75 Å². The normalized spacial score (nSPS) is 12.5. The second-order valence-corrected chi connectivity index (χ2v) is 7.65. The molecule has 1 aliphatic rings. The zero-order valence-electron chi connectivity index (χ0n) is 19.1. The fourth-order valence-electron chi connectivity index (χ4n) is 3.79. The summed E-state index contributed by atoms with van der Waals surface area (Å²) in [7, 11) is 2.75. The van der Waals surface area contributed by atoms with Crippen LogP contribution in [0.25, 0.3) is 5.57 Å². The molecule has 0 saturated heterocycles. The molecule has 0 saturated carbocycles. The summed E-state index contributed by atoms with van der Waals surface area (Å²) in [5, 5.41) is 9.39. The Balaban J connectivity index is 1.90. The molecule has 4 rings (SSSR count). The Morgan fingerprint density at radius 1 is 0.857 bits per heavy atom. The molecule has 0 radical (unpaired) electrons. The van der Waals surface area contributed by atoms with E-state index in [-0.39, 0.29) is 29.9 Å². The number of hydrogen-bond donors (Lipinski definition) is 1. The summed E-state index contributed by atoms with van der Waals surface area (Å²) in [6, 6.07) is 17.6. The number of aromatic carboxylic acids is 1. The van der Waals surface area contributed by atoms with Crippen LogP contribution in [0.2, 0.25) is 0 Å². The molecule has 0 fully saturated rings. The van der Waals surface area contributed by atoms with E-state index in [4.69, 9.17) is 18.9 Å². The lowest BCUT2D eigenvalue weighted by Crippen LogP contribution is -2.15. The Morgan fingerprint density at radius 3 is 2.26 bits per heavy atom. The molecular weight excluding hydrogens is 452 g/mol. The van der Waals surface area contributed by atoms with Gasteiger partial charge in [0.15, 0.2) is 17.3 Å². The van der Waals surface area contributed by atoms with E-state index >= 15 is 0 Å². The summed E-state index contributed by atoms with van der Waals surface area (Å²) in [5.74, 6) is -0.683. The standard InChI is InChI=1S/C27H22O8/c1-32-20-9-6-17(7-10-20)25(28)21(13-16-4-3-5-19(12-16)26(29)30)24(27(31)33-2)18-8-11-22-23(14-18)35-15-34-22/h3-12,14H,13,15H2,1-2H3,(H,29,30)/b24-21-. The first kappa shape index (κ1) is 23.6. The monoisotopic (exact) mass is 474 g/mol. The molecule has 0 aromatic heterocycles. The number of ether oxygens (including phenoxy) is 4. The van der Waals surface area contributed by atoms with Gasteiger partial charge in [0, 0.05) is 17.6 Å². The minimum atomic E-state index is -1.09. The van der Waals surface area contributed by atoms with Crippen molar-refractivity contribution in [3.63, 3.8) is 0 Å². The van der Waals surface area contributed by atoms with E-state index < -0.39 is 17.7 Å². The minimum absolute atomic E-state index is 0.00907. The highest BCUT2D eigenvalue weighted by Crippen LogP contribution is 2.36. The van der Waals surface area contributed by atoms with Gasteiger partial charge in [0.25, 0.3) is 0 Å². The maximum atomic E-state index is 13.8. The maximum absolute atomic E-state index is 13.8. The van der Waals surface area contributed by atoms with Crippen LogP contribution in [-0.2, 0) is 16.0 Å². The predicted molar refractivity (Wildman–Crippen MR) is 126 cm³/mol. The average molecular weight is 474 g/mol. The van der Waals surface area contributed by atoms with Gasteiger partial charge in [-0.05, 0) is 59.7 Å². The van der Waals surface area contributed by atoms with Crippen molar-refractivity contribution in [2.45, 2.75) is 6.42 Å². The Kier molecular flexibility index (Phi) is 6.82. The summed E-state index contributed by atoms with van der Waals surface area (Å²) >= 11 is 0. The van der Waals surface area contributed by atoms with Crippen LogP contribution in [0.1, 0.15) is 31.8 Å². The van der Waals surface area contributed by atoms with Crippen LogP contribution in [0.5, 0.6) is 17.2 Å². The van der Waals surface area contributed by atoms with Crippen molar-refractivity contribution >= 4 is 23.3 Å². The van der Waals surface area contributed by atoms with Crippen LogP contribution in [0, 0.1) is 0 Å². The van der Waals surface area contributed by atoms with E-state index in [9.17, 15) is 19.5 Å². The zero-order valence-corrected chi connectivity index (χ0v) is 19.1. The molecule has 3 aromatic carbocycles. The highest BCUT2D eigenvalue weighted by atomic mass is 16.7. The van der Waals surface area contributed by atoms with Crippen molar-refractivity contribution in [3.8, 4) is 17.2 Å². The molecule has 1 heterocycles. The quantitative estimate of drug-likeness (QED) is 0.294. The number of hydrogen-bond acceptors (Lipinski definition) is 7. The molecule has 0 unspecified atom stereocenters. The van der Waals surface area contributed by atoms with E-state index in [0.717, 1.165) is 0 Å². The maximum Gasteiger partial charge on any atom is 0.338 e. The van der Waals surface area contributed by atoms with Gasteiger partial charge in [-0.2, -0.15) is 0 Å². The Morgan fingerprint density at radius 2 is 1.57 bits per heavy atom. The van der Waals surface area contributed by atoms with Gasteiger partial charge < -0.3 is 24.1 Å². The lowest BCUT2D eigenvalue weighted by molar-refractivity contribution is -0.133. The van der Waals surface area contributed by atoms with Gasteiger partial charge in [-0.15, -0.1) is 0 Å². The number of carboxylic acids is 1. The van der Waals surface area contributed by atoms with Gasteiger partial charge in [0.05, 0.1) is 25.4 Å². The molecule has 0 spiro atoms. The van der Waals surface area contributed by atoms with Gasteiger partial charge in [-0.3, -0.25) is 4.79 Å². The first-order chi connectivity index (χ1) is 16.9. The number of Topliss-reactive ketones (excluding diaryl/α,β-unsaturated/α-hetero) is 1. The third-order valence-electron chi connectivity index (χ3n) is 5.53. The molecule has 3 aromatic rings. The number of carbonyl (C=O) groups excluding carboxylic acids is 2. The van der Waals surface area contributed by atoms with Crippen molar-refractivity contribution in [2.24, 2.45) is 0 Å². The fourth-order valence-corrected chi connectivity index (χ4v) is 3.79. The number of ketones is 1. The number of esters is 1. The van der Waals surface area contributed by atoms with Crippen LogP contribution in [0.4, 0.5) is 0 Å². The van der Waals surface area contributed by atoms with E-state index in [1.807, 2.05) is 0 Å². The number of carboxylic acid groups (broad SMARTS) is 1. The van der Waals surface area contributed by atoms with Gasteiger partial charge >= 0.3 is 11.9 Å². The van der Waals surface area contributed by atoms with E-state index in [1.165, 1.54) is 26.4 Å². The second kappa shape index (κ2) is 10.1. The van der Waals surface area contributed by atoms with Crippen molar-refractivity contribution in [2.75, 3.05) is 21.0 Å². The molecule has 35 heavy (non-hydrogen) atoms. The Labute approximate surface area is 201 Å².